The lowest BCUT2D eigenvalue weighted by molar-refractivity contribution is -0.123. The highest BCUT2D eigenvalue weighted by molar-refractivity contribution is 7.13. The van der Waals surface area contributed by atoms with Gasteiger partial charge in [-0.25, -0.2) is 9.78 Å². The first-order valence-electron chi connectivity index (χ1n) is 9.05. The van der Waals surface area contributed by atoms with E-state index in [0.717, 1.165) is 5.56 Å². The van der Waals surface area contributed by atoms with E-state index in [2.05, 4.69) is 20.9 Å². The molecule has 0 saturated carbocycles. The maximum Gasteiger partial charge on any atom is 0.322 e. The molecule has 1 atom stereocenters. The highest BCUT2D eigenvalue weighted by Crippen LogP contribution is 2.32. The summed E-state index contributed by atoms with van der Waals surface area (Å²) in [5.41, 5.74) is 0.915. The van der Waals surface area contributed by atoms with Crippen LogP contribution in [0.15, 0.2) is 53.9 Å². The van der Waals surface area contributed by atoms with E-state index >= 15 is 0 Å². The summed E-state index contributed by atoms with van der Waals surface area (Å²) in [5.74, 6) is -0.150. The van der Waals surface area contributed by atoms with E-state index in [0.29, 0.717) is 22.0 Å². The summed E-state index contributed by atoms with van der Waals surface area (Å²) in [4.78, 5) is 40.8. The number of imide groups is 1. The van der Waals surface area contributed by atoms with Crippen LogP contribution in [0.3, 0.4) is 0 Å². The number of ether oxygens (including phenoxy) is 1. The number of urea groups is 1. The fourth-order valence-corrected chi connectivity index (χ4v) is 4.00. The van der Waals surface area contributed by atoms with Crippen molar-refractivity contribution >= 4 is 34.9 Å². The van der Waals surface area contributed by atoms with Crippen LogP contribution in [0, 0.1) is 0 Å². The first-order valence-corrected chi connectivity index (χ1v) is 9.93. The minimum Gasteiger partial charge on any atom is -0.496 e. The third-order valence-corrected chi connectivity index (χ3v) is 5.69. The van der Waals surface area contributed by atoms with Crippen molar-refractivity contribution in [3.05, 3.63) is 65.2 Å². The average Bonchev–Trinajstić information content (AvgIpc) is 3.33. The predicted molar refractivity (Wildman–Crippen MR) is 113 cm³/mol. The van der Waals surface area contributed by atoms with Crippen molar-refractivity contribution < 1.29 is 19.1 Å². The van der Waals surface area contributed by atoms with Crippen LogP contribution in [-0.4, -0.2) is 29.9 Å². The number of carbonyl (C=O) groups is 3. The zero-order chi connectivity index (χ0) is 21.3. The molecule has 1 aliphatic rings. The van der Waals surface area contributed by atoms with Gasteiger partial charge in [-0.1, -0.05) is 24.3 Å². The molecule has 2 heterocycles. The Balaban J connectivity index is 1.55. The van der Waals surface area contributed by atoms with Gasteiger partial charge in [0, 0.05) is 11.1 Å². The number of thiazole rings is 1. The van der Waals surface area contributed by atoms with Crippen LogP contribution in [0.2, 0.25) is 0 Å². The molecule has 2 aromatic carbocycles. The fourth-order valence-electron chi connectivity index (χ4n) is 3.17. The summed E-state index contributed by atoms with van der Waals surface area (Å²) in [6.45, 7) is 1.61. The summed E-state index contributed by atoms with van der Waals surface area (Å²) in [6.07, 6.45) is 0. The van der Waals surface area contributed by atoms with Crippen molar-refractivity contribution in [2.75, 3.05) is 12.4 Å². The number of hydrogen-bond donors (Lipinski definition) is 3. The second-order valence-corrected chi connectivity index (χ2v) is 7.66. The summed E-state index contributed by atoms with van der Waals surface area (Å²) >= 11 is 1.34. The molecule has 1 fully saturated rings. The number of anilines is 1. The molecule has 8 nitrogen and oxygen atoms in total. The average molecular weight is 422 g/mol. The summed E-state index contributed by atoms with van der Waals surface area (Å²) in [6, 6.07) is 13.7. The van der Waals surface area contributed by atoms with Crippen LogP contribution in [0.25, 0.3) is 10.6 Å². The smallest absolute Gasteiger partial charge is 0.322 e. The maximum absolute atomic E-state index is 12.7. The van der Waals surface area contributed by atoms with Gasteiger partial charge in [-0.3, -0.25) is 14.9 Å². The molecule has 3 N–H and O–H groups in total. The van der Waals surface area contributed by atoms with Gasteiger partial charge in [-0.2, -0.15) is 0 Å². The SMILES string of the molecule is COc1ccccc1-c1nc(C(=O)Nc2cccc(C3(C)NC(=O)NC3=O)c2)cs1. The van der Waals surface area contributed by atoms with Crippen LogP contribution in [0.1, 0.15) is 23.0 Å². The number of amides is 4. The Labute approximate surface area is 176 Å². The maximum atomic E-state index is 12.7. The molecule has 0 bridgehead atoms. The number of methoxy groups -OCH3 is 1. The molecule has 0 radical (unpaired) electrons. The summed E-state index contributed by atoms with van der Waals surface area (Å²) in [7, 11) is 1.58. The highest BCUT2D eigenvalue weighted by Gasteiger charge is 2.43. The van der Waals surface area contributed by atoms with Crippen molar-refractivity contribution in [1.29, 1.82) is 0 Å². The molecular weight excluding hydrogens is 404 g/mol. The summed E-state index contributed by atoms with van der Waals surface area (Å²) in [5, 5.41) is 9.96. The number of nitrogens with one attached hydrogen (secondary N) is 3. The van der Waals surface area contributed by atoms with E-state index in [1.165, 1.54) is 11.3 Å². The van der Waals surface area contributed by atoms with E-state index in [-0.39, 0.29) is 11.6 Å². The quantitative estimate of drug-likeness (QED) is 0.548. The molecule has 1 aliphatic heterocycles. The van der Waals surface area contributed by atoms with Gasteiger partial charge in [0.15, 0.2) is 0 Å². The minimum absolute atomic E-state index is 0.268. The van der Waals surface area contributed by atoms with E-state index in [9.17, 15) is 14.4 Å². The number of rotatable bonds is 5. The molecule has 9 heteroatoms. The van der Waals surface area contributed by atoms with Crippen molar-refractivity contribution in [2.45, 2.75) is 12.5 Å². The monoisotopic (exact) mass is 422 g/mol. The Bertz CT molecular complexity index is 1160. The van der Waals surface area contributed by atoms with Gasteiger partial charge < -0.3 is 15.4 Å². The number of para-hydroxylation sites is 1. The van der Waals surface area contributed by atoms with Gasteiger partial charge >= 0.3 is 6.03 Å². The van der Waals surface area contributed by atoms with Crippen LogP contribution in [0.5, 0.6) is 5.75 Å². The molecule has 4 rings (SSSR count). The molecule has 152 valence electrons. The van der Waals surface area contributed by atoms with E-state index in [4.69, 9.17) is 4.74 Å². The zero-order valence-corrected chi connectivity index (χ0v) is 17.0. The van der Waals surface area contributed by atoms with Crippen LogP contribution in [0.4, 0.5) is 10.5 Å². The number of benzene rings is 2. The molecule has 1 saturated heterocycles. The molecule has 1 aromatic heterocycles. The molecule has 30 heavy (non-hydrogen) atoms. The lowest BCUT2D eigenvalue weighted by Gasteiger charge is -2.21. The zero-order valence-electron chi connectivity index (χ0n) is 16.2. The van der Waals surface area contributed by atoms with Crippen LogP contribution < -0.4 is 20.7 Å². The number of carbonyl (C=O) groups excluding carboxylic acids is 3. The topological polar surface area (TPSA) is 109 Å². The van der Waals surface area contributed by atoms with Crippen molar-refractivity contribution in [3.63, 3.8) is 0 Å². The Morgan fingerprint density at radius 2 is 1.97 bits per heavy atom. The number of hydrogen-bond acceptors (Lipinski definition) is 6. The Hall–Kier alpha value is -3.72. The molecule has 3 aromatic rings. The molecule has 0 aliphatic carbocycles. The molecular formula is C21H18N4O4S. The lowest BCUT2D eigenvalue weighted by atomic mass is 9.92. The Kier molecular flexibility index (Phi) is 4.96. The predicted octanol–water partition coefficient (Wildman–Crippen LogP) is 3.13. The normalized spacial score (nSPS) is 17.9. The Morgan fingerprint density at radius 3 is 2.70 bits per heavy atom. The van der Waals surface area contributed by atoms with E-state index in [1.807, 2.05) is 24.3 Å². The highest BCUT2D eigenvalue weighted by atomic mass is 32.1. The van der Waals surface area contributed by atoms with Crippen molar-refractivity contribution in [1.82, 2.24) is 15.6 Å². The minimum atomic E-state index is -1.20. The van der Waals surface area contributed by atoms with Gasteiger partial charge in [0.2, 0.25) is 0 Å². The second kappa shape index (κ2) is 7.60. The number of aromatic nitrogens is 1. The van der Waals surface area contributed by atoms with Crippen LogP contribution >= 0.6 is 11.3 Å². The van der Waals surface area contributed by atoms with Gasteiger partial charge in [0.25, 0.3) is 11.8 Å². The first kappa shape index (κ1) is 19.6. The molecule has 4 amide bonds. The molecule has 0 spiro atoms. The largest absolute Gasteiger partial charge is 0.496 e. The van der Waals surface area contributed by atoms with Crippen LogP contribution in [-0.2, 0) is 10.3 Å². The second-order valence-electron chi connectivity index (χ2n) is 6.81. The Morgan fingerprint density at radius 1 is 1.17 bits per heavy atom. The fraction of sp³-hybridized carbons (Fsp3) is 0.143. The summed E-state index contributed by atoms with van der Waals surface area (Å²) < 4.78 is 5.36. The van der Waals surface area contributed by atoms with Gasteiger partial charge in [0.05, 0.1) is 12.7 Å². The van der Waals surface area contributed by atoms with E-state index in [1.54, 1.807) is 43.7 Å². The first-order chi connectivity index (χ1) is 14.4. The van der Waals surface area contributed by atoms with Crippen molar-refractivity contribution in [3.8, 4) is 16.3 Å². The van der Waals surface area contributed by atoms with Gasteiger partial charge in [-0.15, -0.1) is 11.3 Å². The standard InChI is InChI=1S/C21H18N4O4S/c1-21(19(27)24-20(28)25-21)12-6-5-7-13(10-12)22-17(26)15-11-30-18(23-15)14-8-3-4-9-16(14)29-2/h3-11H,1-2H3,(H,22,26)(H2,24,25,27,28). The van der Waals surface area contributed by atoms with E-state index < -0.39 is 17.5 Å². The lowest BCUT2D eigenvalue weighted by Crippen LogP contribution is -2.40. The third kappa shape index (κ3) is 3.50. The third-order valence-electron chi connectivity index (χ3n) is 4.82. The van der Waals surface area contributed by atoms with Gasteiger partial charge in [0.1, 0.15) is 22.0 Å². The van der Waals surface area contributed by atoms with Gasteiger partial charge in [-0.05, 0) is 36.8 Å². The van der Waals surface area contributed by atoms with Crippen molar-refractivity contribution in [2.24, 2.45) is 0 Å². The number of nitrogens with zero attached hydrogens (tertiary/aromatic N) is 1. The molecule has 1 unspecified atom stereocenters.